The first-order chi connectivity index (χ1) is 16.9. The lowest BCUT2D eigenvalue weighted by atomic mass is 9.78. The summed E-state index contributed by atoms with van der Waals surface area (Å²) in [5.74, 6) is 0.226. The summed E-state index contributed by atoms with van der Waals surface area (Å²) < 4.78 is 33.0. The fourth-order valence-electron chi connectivity index (χ4n) is 5.31. The van der Waals surface area contributed by atoms with Crippen LogP contribution in [-0.2, 0) is 21.5 Å². The molecule has 5 rings (SSSR count). The summed E-state index contributed by atoms with van der Waals surface area (Å²) in [4.78, 5) is 26.2. The van der Waals surface area contributed by atoms with Crippen molar-refractivity contribution < 1.29 is 28.2 Å². The van der Waals surface area contributed by atoms with Crippen LogP contribution in [0.25, 0.3) is 0 Å². The number of benzene rings is 2. The van der Waals surface area contributed by atoms with Gasteiger partial charge in [-0.25, -0.2) is 4.39 Å². The SMILES string of the molecule is Cc1cc(C(=O)COC(=O)C2(c3ccccc3F)CCCC2)c(C)n1Cc1ccc2c(c1)OCO2. The Hall–Kier alpha value is -3.61. The maximum atomic E-state index is 14.6. The number of hydrogen-bond acceptors (Lipinski definition) is 5. The van der Waals surface area contributed by atoms with E-state index in [-0.39, 0.29) is 19.2 Å². The smallest absolute Gasteiger partial charge is 0.317 e. The largest absolute Gasteiger partial charge is 0.457 e. The predicted molar refractivity (Wildman–Crippen MR) is 127 cm³/mol. The first kappa shape index (κ1) is 23.1. The standard InChI is InChI=1S/C28H28FNO5/c1-18-13-21(19(2)30(18)15-20-9-10-25-26(14-20)35-17-34-25)24(31)16-33-27(32)28(11-5-6-12-28)22-7-3-4-8-23(22)29/h3-4,7-10,13-14H,5-6,11-12,15-17H2,1-2H3. The van der Waals surface area contributed by atoms with Crippen LogP contribution in [0.4, 0.5) is 4.39 Å². The zero-order valence-electron chi connectivity index (χ0n) is 19.9. The van der Waals surface area contributed by atoms with E-state index in [1.807, 2.05) is 42.7 Å². The Balaban J connectivity index is 1.30. The number of ketones is 1. The molecule has 1 saturated carbocycles. The molecule has 182 valence electrons. The van der Waals surface area contributed by atoms with Crippen LogP contribution >= 0.6 is 0 Å². The molecule has 0 amide bonds. The second kappa shape index (κ2) is 9.21. The number of carbonyl (C=O) groups excluding carboxylic acids is 2. The van der Waals surface area contributed by atoms with Gasteiger partial charge in [-0.1, -0.05) is 37.1 Å². The molecule has 2 heterocycles. The summed E-state index contributed by atoms with van der Waals surface area (Å²) in [6.45, 7) is 4.23. The molecular weight excluding hydrogens is 449 g/mol. The van der Waals surface area contributed by atoms with Gasteiger partial charge < -0.3 is 18.8 Å². The second-order valence-electron chi connectivity index (χ2n) is 9.33. The highest BCUT2D eigenvalue weighted by molar-refractivity contribution is 5.99. The van der Waals surface area contributed by atoms with Crippen molar-refractivity contribution >= 4 is 11.8 Å². The van der Waals surface area contributed by atoms with Gasteiger partial charge in [0.1, 0.15) is 5.82 Å². The van der Waals surface area contributed by atoms with Crippen LogP contribution in [0.1, 0.15) is 58.6 Å². The molecule has 0 saturated heterocycles. The topological polar surface area (TPSA) is 66.8 Å². The number of esters is 1. The van der Waals surface area contributed by atoms with Crippen molar-refractivity contribution in [2.24, 2.45) is 0 Å². The average molecular weight is 478 g/mol. The minimum atomic E-state index is -1.03. The third-order valence-electron chi connectivity index (χ3n) is 7.22. The van der Waals surface area contributed by atoms with Gasteiger partial charge in [0, 0.05) is 29.1 Å². The minimum Gasteiger partial charge on any atom is -0.457 e. The number of hydrogen-bond donors (Lipinski definition) is 0. The van der Waals surface area contributed by atoms with Gasteiger partial charge in [0.15, 0.2) is 18.1 Å². The third kappa shape index (κ3) is 4.20. The number of rotatable bonds is 7. The minimum absolute atomic E-state index is 0.218. The molecule has 1 aliphatic heterocycles. The van der Waals surface area contributed by atoms with Crippen LogP contribution in [0.2, 0.25) is 0 Å². The molecule has 2 aromatic carbocycles. The summed E-state index contributed by atoms with van der Waals surface area (Å²) in [6, 6.07) is 14.0. The number of nitrogens with zero attached hydrogens (tertiary/aromatic N) is 1. The van der Waals surface area contributed by atoms with E-state index >= 15 is 0 Å². The van der Waals surface area contributed by atoms with Crippen molar-refractivity contribution in [1.29, 1.82) is 0 Å². The molecule has 0 unspecified atom stereocenters. The van der Waals surface area contributed by atoms with Crippen molar-refractivity contribution in [3.05, 3.63) is 82.4 Å². The molecule has 0 N–H and O–H groups in total. The molecule has 0 bridgehead atoms. The molecule has 6 nitrogen and oxygen atoms in total. The Labute approximate surface area is 203 Å². The molecular formula is C28H28FNO5. The van der Waals surface area contributed by atoms with E-state index in [4.69, 9.17) is 14.2 Å². The maximum absolute atomic E-state index is 14.6. The highest BCUT2D eigenvalue weighted by Gasteiger charge is 2.46. The van der Waals surface area contributed by atoms with Crippen molar-refractivity contribution in [2.75, 3.05) is 13.4 Å². The lowest BCUT2D eigenvalue weighted by Crippen LogP contribution is -2.36. The van der Waals surface area contributed by atoms with Crippen molar-refractivity contribution in [1.82, 2.24) is 4.57 Å². The molecule has 3 aromatic rings. The number of halogens is 1. The van der Waals surface area contributed by atoms with Crippen LogP contribution in [0.15, 0.2) is 48.5 Å². The van der Waals surface area contributed by atoms with Crippen LogP contribution in [-0.4, -0.2) is 29.7 Å². The Kier molecular flexibility index (Phi) is 6.09. The number of aromatic nitrogens is 1. The first-order valence-corrected chi connectivity index (χ1v) is 11.9. The zero-order valence-corrected chi connectivity index (χ0v) is 19.9. The Bertz CT molecular complexity index is 1290. The number of fused-ring (bicyclic) bond motifs is 1. The Morgan fingerprint density at radius 1 is 1.03 bits per heavy atom. The highest BCUT2D eigenvalue weighted by Crippen LogP contribution is 2.43. The first-order valence-electron chi connectivity index (χ1n) is 11.9. The van der Waals surface area contributed by atoms with E-state index in [0.29, 0.717) is 36.3 Å². The van der Waals surface area contributed by atoms with E-state index in [1.165, 1.54) is 6.07 Å². The molecule has 1 aliphatic carbocycles. The molecule has 0 radical (unpaired) electrons. The summed E-state index contributed by atoms with van der Waals surface area (Å²) in [7, 11) is 0. The molecule has 35 heavy (non-hydrogen) atoms. The molecule has 1 fully saturated rings. The van der Waals surface area contributed by atoms with E-state index in [2.05, 4.69) is 0 Å². The molecule has 2 aliphatic rings. The average Bonchev–Trinajstić information content (AvgIpc) is 3.59. The summed E-state index contributed by atoms with van der Waals surface area (Å²) in [5, 5.41) is 0. The Morgan fingerprint density at radius 3 is 2.54 bits per heavy atom. The lowest BCUT2D eigenvalue weighted by molar-refractivity contribution is -0.149. The zero-order chi connectivity index (χ0) is 24.6. The van der Waals surface area contributed by atoms with Gasteiger partial charge in [0.05, 0.1) is 5.41 Å². The quantitative estimate of drug-likeness (QED) is 0.343. The third-order valence-corrected chi connectivity index (χ3v) is 7.22. The van der Waals surface area contributed by atoms with Gasteiger partial charge in [-0.3, -0.25) is 9.59 Å². The van der Waals surface area contributed by atoms with Gasteiger partial charge in [-0.2, -0.15) is 0 Å². The number of Topliss-reactive ketones (excluding diaryl/α,β-unsaturated/α-hetero) is 1. The van der Waals surface area contributed by atoms with E-state index in [0.717, 1.165) is 35.5 Å². The van der Waals surface area contributed by atoms with E-state index < -0.39 is 17.2 Å². The molecule has 7 heteroatoms. The summed E-state index contributed by atoms with van der Waals surface area (Å²) >= 11 is 0. The lowest BCUT2D eigenvalue weighted by Gasteiger charge is -2.27. The van der Waals surface area contributed by atoms with Gasteiger partial charge in [-0.05, 0) is 56.5 Å². The highest BCUT2D eigenvalue weighted by atomic mass is 19.1. The summed E-state index contributed by atoms with van der Waals surface area (Å²) in [5.41, 5.74) is 2.59. The van der Waals surface area contributed by atoms with Crippen LogP contribution in [0, 0.1) is 19.7 Å². The van der Waals surface area contributed by atoms with E-state index in [1.54, 1.807) is 18.2 Å². The number of ether oxygens (including phenoxy) is 3. The normalized spacial score (nSPS) is 15.9. The van der Waals surface area contributed by atoms with Crippen molar-refractivity contribution in [3.8, 4) is 11.5 Å². The van der Waals surface area contributed by atoms with Crippen LogP contribution in [0.3, 0.4) is 0 Å². The number of aryl methyl sites for hydroxylation is 1. The molecule has 0 spiro atoms. The van der Waals surface area contributed by atoms with Gasteiger partial charge >= 0.3 is 5.97 Å². The summed E-state index contributed by atoms with van der Waals surface area (Å²) in [6.07, 6.45) is 2.67. The maximum Gasteiger partial charge on any atom is 0.317 e. The number of carbonyl (C=O) groups is 2. The molecule has 0 atom stereocenters. The monoisotopic (exact) mass is 477 g/mol. The fraction of sp³-hybridized carbons (Fsp3) is 0.357. The fourth-order valence-corrected chi connectivity index (χ4v) is 5.31. The van der Waals surface area contributed by atoms with Crippen LogP contribution < -0.4 is 9.47 Å². The van der Waals surface area contributed by atoms with Crippen molar-refractivity contribution in [3.63, 3.8) is 0 Å². The van der Waals surface area contributed by atoms with Crippen LogP contribution in [0.5, 0.6) is 11.5 Å². The van der Waals surface area contributed by atoms with Gasteiger partial charge in [-0.15, -0.1) is 0 Å². The van der Waals surface area contributed by atoms with E-state index in [9.17, 15) is 14.0 Å². The molecule has 1 aromatic heterocycles. The predicted octanol–water partition coefficient (Wildman–Crippen LogP) is 5.26. The van der Waals surface area contributed by atoms with Gasteiger partial charge in [0.2, 0.25) is 12.6 Å². The Morgan fingerprint density at radius 2 is 1.77 bits per heavy atom. The second-order valence-corrected chi connectivity index (χ2v) is 9.33. The van der Waals surface area contributed by atoms with Crippen molar-refractivity contribution in [2.45, 2.75) is 51.5 Å². The van der Waals surface area contributed by atoms with Gasteiger partial charge in [0.25, 0.3) is 0 Å².